The molecular formula is C8H13N3O3S. The Hall–Kier alpha value is -1.42. The molecule has 0 spiro atoms. The van der Waals surface area contributed by atoms with E-state index in [1.165, 1.54) is 25.9 Å². The number of thioether (sulfide) groups is 1. The highest BCUT2D eigenvalue weighted by Gasteiger charge is 2.23. The van der Waals surface area contributed by atoms with Gasteiger partial charge in [-0.1, -0.05) is 0 Å². The Morgan fingerprint density at radius 2 is 2.27 bits per heavy atom. The first-order valence-electron chi connectivity index (χ1n) is 4.07. The van der Waals surface area contributed by atoms with Crippen molar-refractivity contribution in [2.75, 3.05) is 26.2 Å². The Bertz CT molecular complexity index is 277. The molecule has 0 saturated heterocycles. The number of alkyl carbamates (subject to hydrolysis) is 1. The third-order valence-electron chi connectivity index (χ3n) is 1.59. The molecule has 0 aliphatic rings. The van der Waals surface area contributed by atoms with Crippen molar-refractivity contribution in [3.8, 4) is 6.19 Å². The van der Waals surface area contributed by atoms with E-state index in [0.717, 1.165) is 4.90 Å². The molecule has 1 atom stereocenters. The maximum Gasteiger partial charge on any atom is 0.407 e. The largest absolute Gasteiger partial charge is 0.453 e. The zero-order valence-electron chi connectivity index (χ0n) is 8.81. The molecule has 2 amide bonds. The second-order valence-electron chi connectivity index (χ2n) is 2.64. The van der Waals surface area contributed by atoms with Gasteiger partial charge in [-0.3, -0.25) is 9.69 Å². The lowest BCUT2D eigenvalue weighted by molar-refractivity contribution is -0.128. The van der Waals surface area contributed by atoms with Crippen LogP contribution >= 0.6 is 11.8 Å². The SMILES string of the molecule is COC(=O)NC(CSC)C(=O)N(C)C#N. The van der Waals surface area contributed by atoms with E-state index in [1.54, 1.807) is 12.4 Å². The van der Waals surface area contributed by atoms with Crippen LogP contribution in [0.15, 0.2) is 0 Å². The molecule has 1 unspecified atom stereocenters. The quantitative estimate of drug-likeness (QED) is 0.544. The van der Waals surface area contributed by atoms with Crippen LogP contribution in [-0.2, 0) is 9.53 Å². The number of nitrogens with zero attached hydrogens (tertiary/aromatic N) is 2. The zero-order chi connectivity index (χ0) is 11.8. The Morgan fingerprint density at radius 3 is 2.67 bits per heavy atom. The fraction of sp³-hybridized carbons (Fsp3) is 0.625. The van der Waals surface area contributed by atoms with Crippen molar-refractivity contribution in [3.63, 3.8) is 0 Å². The normalized spacial score (nSPS) is 11.1. The molecule has 15 heavy (non-hydrogen) atoms. The zero-order valence-corrected chi connectivity index (χ0v) is 9.63. The molecular weight excluding hydrogens is 218 g/mol. The van der Waals surface area contributed by atoms with Gasteiger partial charge in [-0.05, 0) is 6.26 Å². The third kappa shape index (κ3) is 4.56. The molecule has 0 aliphatic carbocycles. The minimum absolute atomic E-state index is 0.389. The smallest absolute Gasteiger partial charge is 0.407 e. The average molecular weight is 231 g/mol. The first kappa shape index (κ1) is 13.6. The number of ether oxygens (including phenoxy) is 1. The van der Waals surface area contributed by atoms with Crippen molar-refractivity contribution in [2.45, 2.75) is 6.04 Å². The van der Waals surface area contributed by atoms with E-state index in [1.807, 2.05) is 0 Å². The number of amides is 2. The molecule has 0 bridgehead atoms. The van der Waals surface area contributed by atoms with Crippen LogP contribution in [0.25, 0.3) is 0 Å². The summed E-state index contributed by atoms with van der Waals surface area (Å²) in [7, 11) is 2.55. The van der Waals surface area contributed by atoms with Crippen LogP contribution in [0.2, 0.25) is 0 Å². The minimum atomic E-state index is -0.739. The summed E-state index contributed by atoms with van der Waals surface area (Å²) >= 11 is 1.39. The van der Waals surface area contributed by atoms with E-state index in [4.69, 9.17) is 5.26 Å². The molecule has 0 heterocycles. The fourth-order valence-corrected chi connectivity index (χ4v) is 1.38. The number of likely N-dealkylation sites (N-methyl/N-ethyl adjacent to an activating group) is 1. The van der Waals surface area contributed by atoms with E-state index < -0.39 is 18.0 Å². The Balaban J connectivity index is 4.45. The van der Waals surface area contributed by atoms with Gasteiger partial charge in [-0.25, -0.2) is 4.79 Å². The summed E-state index contributed by atoms with van der Waals surface area (Å²) in [6, 6.07) is -0.739. The number of hydrogen-bond donors (Lipinski definition) is 1. The molecule has 6 nitrogen and oxygen atoms in total. The maximum absolute atomic E-state index is 11.5. The molecule has 7 heteroatoms. The summed E-state index contributed by atoms with van der Waals surface area (Å²) in [5, 5.41) is 10.9. The lowest BCUT2D eigenvalue weighted by atomic mass is 10.3. The van der Waals surface area contributed by atoms with Crippen LogP contribution in [0, 0.1) is 11.5 Å². The van der Waals surface area contributed by atoms with Crippen molar-refractivity contribution in [1.29, 1.82) is 5.26 Å². The monoisotopic (exact) mass is 231 g/mol. The van der Waals surface area contributed by atoms with Crippen molar-refractivity contribution >= 4 is 23.8 Å². The lowest BCUT2D eigenvalue weighted by Gasteiger charge is -2.18. The van der Waals surface area contributed by atoms with Crippen LogP contribution in [0.5, 0.6) is 0 Å². The van der Waals surface area contributed by atoms with E-state index in [0.29, 0.717) is 5.75 Å². The van der Waals surface area contributed by atoms with Crippen molar-refractivity contribution < 1.29 is 14.3 Å². The predicted molar refractivity (Wildman–Crippen MR) is 56.1 cm³/mol. The van der Waals surface area contributed by atoms with Gasteiger partial charge in [0, 0.05) is 12.8 Å². The summed E-state index contributed by atoms with van der Waals surface area (Å²) in [6.45, 7) is 0. The fourth-order valence-electron chi connectivity index (χ4n) is 0.826. The second kappa shape index (κ2) is 6.95. The van der Waals surface area contributed by atoms with Gasteiger partial charge >= 0.3 is 6.09 Å². The van der Waals surface area contributed by atoms with E-state index in [-0.39, 0.29) is 0 Å². The molecule has 0 rings (SSSR count). The van der Waals surface area contributed by atoms with E-state index in [2.05, 4.69) is 10.1 Å². The van der Waals surface area contributed by atoms with Gasteiger partial charge in [0.25, 0.3) is 5.91 Å². The van der Waals surface area contributed by atoms with Crippen molar-refractivity contribution in [3.05, 3.63) is 0 Å². The third-order valence-corrected chi connectivity index (χ3v) is 2.26. The number of nitriles is 1. The molecule has 0 aromatic carbocycles. The number of rotatable bonds is 4. The van der Waals surface area contributed by atoms with Crippen molar-refractivity contribution in [2.24, 2.45) is 0 Å². The first-order chi connectivity index (χ1) is 7.06. The van der Waals surface area contributed by atoms with Crippen LogP contribution in [0.3, 0.4) is 0 Å². The molecule has 0 radical (unpaired) electrons. The average Bonchev–Trinajstić information content (AvgIpc) is 2.26. The van der Waals surface area contributed by atoms with Gasteiger partial charge < -0.3 is 10.1 Å². The number of carbonyl (C=O) groups excluding carboxylic acids is 2. The Morgan fingerprint density at radius 1 is 1.67 bits per heavy atom. The maximum atomic E-state index is 11.5. The van der Waals surface area contributed by atoms with Gasteiger partial charge in [0.05, 0.1) is 7.11 Å². The van der Waals surface area contributed by atoms with Gasteiger partial charge in [-0.2, -0.15) is 17.0 Å². The summed E-state index contributed by atoms with van der Waals surface area (Å²) < 4.78 is 4.38. The summed E-state index contributed by atoms with van der Waals surface area (Å²) in [5.74, 6) is -0.0720. The topological polar surface area (TPSA) is 82.4 Å². The van der Waals surface area contributed by atoms with Crippen LogP contribution in [-0.4, -0.2) is 49.1 Å². The molecule has 0 aromatic heterocycles. The highest BCUT2D eigenvalue weighted by Crippen LogP contribution is 2.01. The molecule has 0 aliphatic heterocycles. The van der Waals surface area contributed by atoms with Crippen LogP contribution < -0.4 is 5.32 Å². The van der Waals surface area contributed by atoms with Gasteiger partial charge in [0.15, 0.2) is 6.19 Å². The van der Waals surface area contributed by atoms with Crippen molar-refractivity contribution in [1.82, 2.24) is 10.2 Å². The standard InChI is InChI=1S/C8H13N3O3S/c1-11(5-9)7(12)6(4-15-3)10-8(13)14-2/h6H,4H2,1-3H3,(H,10,13). The summed E-state index contributed by atoms with van der Waals surface area (Å²) in [4.78, 5) is 23.3. The number of nitrogens with one attached hydrogen (secondary N) is 1. The molecule has 84 valence electrons. The summed E-state index contributed by atoms with van der Waals surface area (Å²) in [5.41, 5.74) is 0. The predicted octanol–water partition coefficient (Wildman–Crippen LogP) is 0.0135. The minimum Gasteiger partial charge on any atom is -0.453 e. The summed E-state index contributed by atoms with van der Waals surface area (Å²) in [6.07, 6.45) is 2.79. The molecule has 1 N–H and O–H groups in total. The first-order valence-corrected chi connectivity index (χ1v) is 5.47. The Labute approximate surface area is 92.6 Å². The van der Waals surface area contributed by atoms with Gasteiger partial charge in [0.2, 0.25) is 0 Å². The van der Waals surface area contributed by atoms with Crippen LogP contribution in [0.4, 0.5) is 4.79 Å². The van der Waals surface area contributed by atoms with Gasteiger partial charge in [-0.15, -0.1) is 0 Å². The molecule has 0 fully saturated rings. The molecule has 0 saturated carbocycles. The van der Waals surface area contributed by atoms with Crippen LogP contribution in [0.1, 0.15) is 0 Å². The second-order valence-corrected chi connectivity index (χ2v) is 3.55. The van der Waals surface area contributed by atoms with E-state index in [9.17, 15) is 9.59 Å². The van der Waals surface area contributed by atoms with E-state index >= 15 is 0 Å². The number of carbonyl (C=O) groups is 2. The number of methoxy groups -OCH3 is 1. The Kier molecular flexibility index (Phi) is 6.29. The highest BCUT2D eigenvalue weighted by atomic mass is 32.2. The highest BCUT2D eigenvalue weighted by molar-refractivity contribution is 7.98. The lowest BCUT2D eigenvalue weighted by Crippen LogP contribution is -2.47. The number of hydrogen-bond acceptors (Lipinski definition) is 5. The molecule has 0 aromatic rings. The van der Waals surface area contributed by atoms with Gasteiger partial charge in [0.1, 0.15) is 6.04 Å².